The fraction of sp³-hybridized carbons (Fsp3) is 0.158. The molecule has 1 N–H and O–H groups in total. The van der Waals surface area contributed by atoms with Gasteiger partial charge in [-0.1, -0.05) is 24.3 Å². The summed E-state index contributed by atoms with van der Waals surface area (Å²) in [6.07, 6.45) is 0. The van der Waals surface area contributed by atoms with Crippen LogP contribution in [0.15, 0.2) is 62.2 Å². The lowest BCUT2D eigenvalue weighted by molar-refractivity contribution is 0.0936. The molecule has 1 atom stereocenters. The van der Waals surface area contributed by atoms with Gasteiger partial charge in [-0.25, -0.2) is 4.79 Å². The van der Waals surface area contributed by atoms with Crippen molar-refractivity contribution in [2.45, 2.75) is 13.0 Å². The van der Waals surface area contributed by atoms with Crippen LogP contribution in [0.5, 0.6) is 5.75 Å². The monoisotopic (exact) mass is 401 g/mol. The maximum atomic E-state index is 12.5. The number of carbonyl (C=O) groups excluding carboxylic acids is 1. The van der Waals surface area contributed by atoms with Crippen molar-refractivity contribution >= 4 is 32.8 Å². The van der Waals surface area contributed by atoms with Crippen LogP contribution in [0.25, 0.3) is 11.0 Å². The first-order valence-electron chi connectivity index (χ1n) is 7.67. The Morgan fingerprint density at radius 1 is 1.20 bits per heavy atom. The zero-order chi connectivity index (χ0) is 18.0. The SMILES string of the molecule is COc1ccc(C(C)NC(=O)c2cc3ccccc3oc2=O)cc1Br. The third-order valence-electron chi connectivity index (χ3n) is 3.91. The molecule has 25 heavy (non-hydrogen) atoms. The lowest BCUT2D eigenvalue weighted by Gasteiger charge is -2.15. The van der Waals surface area contributed by atoms with Crippen molar-refractivity contribution in [1.82, 2.24) is 5.32 Å². The second kappa shape index (κ2) is 7.11. The Morgan fingerprint density at radius 2 is 1.96 bits per heavy atom. The molecule has 0 saturated carbocycles. The van der Waals surface area contributed by atoms with Crippen molar-refractivity contribution in [1.29, 1.82) is 0 Å². The van der Waals surface area contributed by atoms with Crippen LogP contribution in [0.1, 0.15) is 28.9 Å². The third-order valence-corrected chi connectivity index (χ3v) is 4.53. The van der Waals surface area contributed by atoms with Gasteiger partial charge in [0.25, 0.3) is 5.91 Å². The summed E-state index contributed by atoms with van der Waals surface area (Å²) in [4.78, 5) is 24.6. The average Bonchev–Trinajstić information content (AvgIpc) is 2.60. The molecule has 0 fully saturated rings. The van der Waals surface area contributed by atoms with Crippen LogP contribution in [0.2, 0.25) is 0 Å². The highest BCUT2D eigenvalue weighted by Gasteiger charge is 2.17. The van der Waals surface area contributed by atoms with E-state index in [0.717, 1.165) is 10.0 Å². The largest absolute Gasteiger partial charge is 0.496 e. The molecule has 0 radical (unpaired) electrons. The van der Waals surface area contributed by atoms with Gasteiger partial charge < -0.3 is 14.5 Å². The predicted octanol–water partition coefficient (Wildman–Crippen LogP) is 4.06. The Labute approximate surface area is 152 Å². The first kappa shape index (κ1) is 17.2. The highest BCUT2D eigenvalue weighted by atomic mass is 79.9. The standard InChI is InChI=1S/C19H16BrNO4/c1-11(12-7-8-17(24-2)15(20)10-12)21-18(22)14-9-13-5-3-4-6-16(13)25-19(14)23/h3-11H,1-2H3,(H,21,22). The van der Waals surface area contributed by atoms with Crippen molar-refractivity contribution in [3.8, 4) is 5.75 Å². The summed E-state index contributed by atoms with van der Waals surface area (Å²) < 4.78 is 11.2. The number of halogens is 1. The molecule has 2 aromatic carbocycles. The Morgan fingerprint density at radius 3 is 2.68 bits per heavy atom. The number of para-hydroxylation sites is 1. The van der Waals surface area contributed by atoms with Crippen LogP contribution >= 0.6 is 15.9 Å². The van der Waals surface area contributed by atoms with E-state index in [-0.39, 0.29) is 11.6 Å². The molecule has 1 heterocycles. The van der Waals surface area contributed by atoms with E-state index >= 15 is 0 Å². The van der Waals surface area contributed by atoms with Gasteiger partial charge in [0.05, 0.1) is 17.6 Å². The number of nitrogens with one attached hydrogen (secondary N) is 1. The number of rotatable bonds is 4. The molecule has 1 unspecified atom stereocenters. The van der Waals surface area contributed by atoms with E-state index in [9.17, 15) is 9.59 Å². The summed E-state index contributed by atoms with van der Waals surface area (Å²) >= 11 is 3.42. The molecule has 0 aliphatic carbocycles. The van der Waals surface area contributed by atoms with Crippen molar-refractivity contribution in [3.05, 3.63) is 74.6 Å². The van der Waals surface area contributed by atoms with Crippen molar-refractivity contribution in [3.63, 3.8) is 0 Å². The highest BCUT2D eigenvalue weighted by Crippen LogP contribution is 2.28. The van der Waals surface area contributed by atoms with Crippen LogP contribution < -0.4 is 15.7 Å². The first-order chi connectivity index (χ1) is 12.0. The zero-order valence-corrected chi connectivity index (χ0v) is 15.3. The van der Waals surface area contributed by atoms with E-state index in [1.807, 2.05) is 31.2 Å². The molecule has 0 saturated heterocycles. The number of benzene rings is 2. The lowest BCUT2D eigenvalue weighted by Crippen LogP contribution is -2.30. The molecule has 128 valence electrons. The minimum Gasteiger partial charge on any atom is -0.496 e. The van der Waals surface area contributed by atoms with E-state index in [0.29, 0.717) is 16.7 Å². The summed E-state index contributed by atoms with van der Waals surface area (Å²) in [5.41, 5.74) is 0.667. The molecule has 3 rings (SSSR count). The van der Waals surface area contributed by atoms with Crippen molar-refractivity contribution < 1.29 is 13.9 Å². The van der Waals surface area contributed by atoms with Gasteiger partial charge in [-0.3, -0.25) is 4.79 Å². The second-order valence-corrected chi connectivity index (χ2v) is 6.43. The molecule has 0 bridgehead atoms. The molecule has 0 aliphatic rings. The Balaban J connectivity index is 1.85. The number of methoxy groups -OCH3 is 1. The molecular weight excluding hydrogens is 386 g/mol. The Bertz CT molecular complexity index is 996. The normalized spacial score (nSPS) is 12.0. The average molecular weight is 402 g/mol. The Kier molecular flexibility index (Phi) is 4.90. The molecule has 6 heteroatoms. The topological polar surface area (TPSA) is 68.5 Å². The summed E-state index contributed by atoms with van der Waals surface area (Å²) in [6, 6.07) is 13.9. The molecular formula is C19H16BrNO4. The smallest absolute Gasteiger partial charge is 0.349 e. The molecule has 1 amide bonds. The van der Waals surface area contributed by atoms with Gasteiger partial charge in [0, 0.05) is 5.39 Å². The van der Waals surface area contributed by atoms with E-state index in [1.165, 1.54) is 0 Å². The highest BCUT2D eigenvalue weighted by molar-refractivity contribution is 9.10. The Hall–Kier alpha value is -2.60. The van der Waals surface area contributed by atoms with Gasteiger partial charge in [0.1, 0.15) is 16.9 Å². The fourth-order valence-corrected chi connectivity index (χ4v) is 3.09. The fourth-order valence-electron chi connectivity index (χ4n) is 2.53. The predicted molar refractivity (Wildman–Crippen MR) is 99.1 cm³/mol. The summed E-state index contributed by atoms with van der Waals surface area (Å²) in [5, 5.41) is 3.52. The minimum absolute atomic E-state index is 0.0156. The number of fused-ring (bicyclic) bond motifs is 1. The first-order valence-corrected chi connectivity index (χ1v) is 8.46. The second-order valence-electron chi connectivity index (χ2n) is 5.57. The maximum Gasteiger partial charge on any atom is 0.349 e. The molecule has 0 spiro atoms. The van der Waals surface area contributed by atoms with Gasteiger partial charge >= 0.3 is 5.63 Å². The quantitative estimate of drug-likeness (QED) is 0.669. The molecule has 1 aromatic heterocycles. The van der Waals surface area contributed by atoms with E-state index in [2.05, 4.69) is 21.2 Å². The maximum absolute atomic E-state index is 12.5. The third kappa shape index (κ3) is 3.58. The van der Waals surface area contributed by atoms with Gasteiger partial charge in [-0.05, 0) is 52.7 Å². The molecule has 0 aliphatic heterocycles. The van der Waals surface area contributed by atoms with Gasteiger partial charge in [-0.2, -0.15) is 0 Å². The van der Waals surface area contributed by atoms with Gasteiger partial charge in [-0.15, -0.1) is 0 Å². The summed E-state index contributed by atoms with van der Waals surface area (Å²) in [6.45, 7) is 1.84. The zero-order valence-electron chi connectivity index (χ0n) is 13.7. The van der Waals surface area contributed by atoms with Crippen LogP contribution in [-0.2, 0) is 0 Å². The number of ether oxygens (including phenoxy) is 1. The van der Waals surface area contributed by atoms with Crippen molar-refractivity contribution in [2.75, 3.05) is 7.11 Å². The molecule has 3 aromatic rings. The minimum atomic E-state index is -0.653. The summed E-state index contributed by atoms with van der Waals surface area (Å²) in [7, 11) is 1.59. The van der Waals surface area contributed by atoms with Gasteiger partial charge in [0.2, 0.25) is 0 Å². The lowest BCUT2D eigenvalue weighted by atomic mass is 10.1. The number of hydrogen-bond donors (Lipinski definition) is 1. The van der Waals surface area contributed by atoms with Crippen LogP contribution in [-0.4, -0.2) is 13.0 Å². The van der Waals surface area contributed by atoms with E-state index < -0.39 is 11.5 Å². The van der Waals surface area contributed by atoms with Crippen LogP contribution in [0.3, 0.4) is 0 Å². The van der Waals surface area contributed by atoms with Crippen LogP contribution in [0, 0.1) is 0 Å². The summed E-state index contributed by atoms with van der Waals surface area (Å²) in [5.74, 6) is 0.233. The molecule has 5 nitrogen and oxygen atoms in total. The van der Waals surface area contributed by atoms with E-state index in [4.69, 9.17) is 9.15 Å². The number of hydrogen-bond acceptors (Lipinski definition) is 4. The van der Waals surface area contributed by atoms with Gasteiger partial charge in [0.15, 0.2) is 0 Å². The van der Waals surface area contributed by atoms with Crippen LogP contribution in [0.4, 0.5) is 0 Å². The number of amides is 1. The van der Waals surface area contributed by atoms with E-state index in [1.54, 1.807) is 31.4 Å². The van der Waals surface area contributed by atoms with Crippen molar-refractivity contribution in [2.24, 2.45) is 0 Å². The number of carbonyl (C=O) groups is 1.